The van der Waals surface area contributed by atoms with Crippen molar-refractivity contribution in [3.63, 3.8) is 0 Å². The number of benzene rings is 1. The quantitative estimate of drug-likeness (QED) is 0.894. The molecule has 1 N–H and O–H groups in total. The van der Waals surface area contributed by atoms with E-state index in [9.17, 15) is 13.2 Å². The lowest BCUT2D eigenvalue weighted by Crippen LogP contribution is -2.55. The minimum absolute atomic E-state index is 0.244. The molecule has 2 rings (SSSR count). The third kappa shape index (κ3) is 3.08. The second-order valence-corrected chi connectivity index (χ2v) is 5.52. The first kappa shape index (κ1) is 15.2. The highest BCUT2D eigenvalue weighted by Gasteiger charge is 2.32. The van der Waals surface area contributed by atoms with Gasteiger partial charge in [0.1, 0.15) is 0 Å². The van der Waals surface area contributed by atoms with Crippen molar-refractivity contribution in [3.8, 4) is 0 Å². The van der Waals surface area contributed by atoms with Crippen molar-refractivity contribution in [2.75, 3.05) is 18.0 Å². The first-order valence-corrected chi connectivity index (χ1v) is 7.00. The monoisotopic (exact) mass is 286 g/mol. The summed E-state index contributed by atoms with van der Waals surface area (Å²) in [6.45, 7) is 7.54. The molecule has 1 aliphatic heterocycles. The van der Waals surface area contributed by atoms with E-state index < -0.39 is 11.7 Å². The number of anilines is 1. The molecule has 0 spiro atoms. The maximum Gasteiger partial charge on any atom is 0.416 e. The van der Waals surface area contributed by atoms with E-state index in [0.717, 1.165) is 31.1 Å². The van der Waals surface area contributed by atoms with E-state index in [1.54, 1.807) is 6.07 Å². The Balaban J connectivity index is 2.39. The third-order valence-corrected chi connectivity index (χ3v) is 3.93. The molecule has 2 unspecified atom stereocenters. The van der Waals surface area contributed by atoms with Crippen molar-refractivity contribution in [1.29, 1.82) is 0 Å². The predicted molar refractivity (Wildman–Crippen MR) is 75.1 cm³/mol. The van der Waals surface area contributed by atoms with Gasteiger partial charge in [-0.3, -0.25) is 0 Å². The molecule has 1 aromatic carbocycles. The molecule has 1 aromatic rings. The summed E-state index contributed by atoms with van der Waals surface area (Å²) in [5, 5.41) is 3.38. The van der Waals surface area contributed by atoms with E-state index in [-0.39, 0.29) is 12.1 Å². The minimum atomic E-state index is -4.29. The van der Waals surface area contributed by atoms with E-state index in [1.165, 1.54) is 6.07 Å². The highest BCUT2D eigenvalue weighted by atomic mass is 19.4. The molecule has 0 aliphatic carbocycles. The maximum atomic E-state index is 12.9. The molecule has 0 amide bonds. The van der Waals surface area contributed by atoms with Crippen LogP contribution >= 0.6 is 0 Å². The second-order valence-electron chi connectivity index (χ2n) is 5.52. The second kappa shape index (κ2) is 5.64. The largest absolute Gasteiger partial charge is 0.416 e. The van der Waals surface area contributed by atoms with Crippen molar-refractivity contribution >= 4 is 5.69 Å². The zero-order valence-electron chi connectivity index (χ0n) is 12.1. The van der Waals surface area contributed by atoms with Crippen LogP contribution in [0.25, 0.3) is 0 Å². The molecule has 0 aromatic heterocycles. The van der Waals surface area contributed by atoms with E-state index in [2.05, 4.69) is 24.1 Å². The molecule has 20 heavy (non-hydrogen) atoms. The van der Waals surface area contributed by atoms with Crippen LogP contribution in [0.5, 0.6) is 0 Å². The number of rotatable bonds is 2. The van der Waals surface area contributed by atoms with Crippen molar-refractivity contribution in [2.24, 2.45) is 0 Å². The Kier molecular flexibility index (Phi) is 4.28. The number of hydrogen-bond acceptors (Lipinski definition) is 2. The average Bonchev–Trinajstić information content (AvgIpc) is 2.38. The van der Waals surface area contributed by atoms with Gasteiger partial charge in [-0.05, 0) is 38.0 Å². The average molecular weight is 286 g/mol. The number of nitrogens with one attached hydrogen (secondary N) is 1. The summed E-state index contributed by atoms with van der Waals surface area (Å²) in [7, 11) is 0. The van der Waals surface area contributed by atoms with Gasteiger partial charge < -0.3 is 10.2 Å². The van der Waals surface area contributed by atoms with Crippen LogP contribution in [0.15, 0.2) is 18.2 Å². The molecule has 0 radical (unpaired) electrons. The number of hydrogen-bond donors (Lipinski definition) is 1. The summed E-state index contributed by atoms with van der Waals surface area (Å²) >= 11 is 0. The number of alkyl halides is 3. The number of piperazine rings is 1. The smallest absolute Gasteiger partial charge is 0.366 e. The van der Waals surface area contributed by atoms with Gasteiger partial charge in [0.25, 0.3) is 0 Å². The Bertz CT molecular complexity index is 471. The normalized spacial score (nSPS) is 24.0. The summed E-state index contributed by atoms with van der Waals surface area (Å²) < 4.78 is 38.7. The van der Waals surface area contributed by atoms with Gasteiger partial charge in [0.2, 0.25) is 0 Å². The van der Waals surface area contributed by atoms with Crippen LogP contribution in [0.4, 0.5) is 18.9 Å². The van der Waals surface area contributed by atoms with Crippen LogP contribution in [0.1, 0.15) is 31.4 Å². The number of nitrogens with zero attached hydrogens (tertiary/aromatic N) is 1. The predicted octanol–water partition coefficient (Wildman–Crippen LogP) is 3.59. The first-order valence-electron chi connectivity index (χ1n) is 7.00. The van der Waals surface area contributed by atoms with Gasteiger partial charge in [0, 0.05) is 30.9 Å². The Labute approximate surface area is 118 Å². The van der Waals surface area contributed by atoms with Gasteiger partial charge in [-0.25, -0.2) is 0 Å². The highest BCUT2D eigenvalue weighted by molar-refractivity contribution is 5.57. The molecule has 2 atom stereocenters. The summed E-state index contributed by atoms with van der Waals surface area (Å²) in [5.41, 5.74) is 1.03. The molecule has 0 saturated carbocycles. The van der Waals surface area contributed by atoms with Gasteiger partial charge >= 0.3 is 6.18 Å². The molecule has 0 bridgehead atoms. The fraction of sp³-hybridized carbons (Fsp3) is 0.600. The van der Waals surface area contributed by atoms with Crippen LogP contribution in [0, 0.1) is 6.92 Å². The standard InChI is InChI=1S/C15H21F3N2/c1-4-13-8-19-11(3)9-20(13)14-7-12(15(16,17)18)6-5-10(14)2/h5-7,11,13,19H,4,8-9H2,1-3H3. The number of halogens is 3. The minimum Gasteiger partial charge on any atom is -0.366 e. The number of aryl methyl sites for hydroxylation is 1. The lowest BCUT2D eigenvalue weighted by molar-refractivity contribution is -0.137. The fourth-order valence-electron chi connectivity index (χ4n) is 2.71. The van der Waals surface area contributed by atoms with Crippen LogP contribution < -0.4 is 10.2 Å². The molecule has 1 saturated heterocycles. The lowest BCUT2D eigenvalue weighted by atomic mass is 10.0. The first-order chi connectivity index (χ1) is 9.32. The Morgan fingerprint density at radius 2 is 2.05 bits per heavy atom. The van der Waals surface area contributed by atoms with Gasteiger partial charge in [-0.15, -0.1) is 0 Å². The maximum absolute atomic E-state index is 12.9. The zero-order valence-corrected chi connectivity index (χ0v) is 12.1. The molecule has 1 aliphatic rings. The van der Waals surface area contributed by atoms with Crippen LogP contribution in [0.2, 0.25) is 0 Å². The third-order valence-electron chi connectivity index (χ3n) is 3.93. The topological polar surface area (TPSA) is 15.3 Å². The van der Waals surface area contributed by atoms with Gasteiger partial charge in [0.15, 0.2) is 0 Å². The van der Waals surface area contributed by atoms with Gasteiger partial charge in [-0.1, -0.05) is 13.0 Å². The van der Waals surface area contributed by atoms with Crippen LogP contribution in [-0.4, -0.2) is 25.2 Å². The molecular weight excluding hydrogens is 265 g/mol. The van der Waals surface area contributed by atoms with E-state index >= 15 is 0 Å². The van der Waals surface area contributed by atoms with Crippen molar-refractivity contribution in [2.45, 2.75) is 45.5 Å². The van der Waals surface area contributed by atoms with Crippen molar-refractivity contribution < 1.29 is 13.2 Å². The zero-order chi connectivity index (χ0) is 14.9. The molecule has 1 heterocycles. The highest BCUT2D eigenvalue weighted by Crippen LogP contribution is 2.34. The molecule has 112 valence electrons. The van der Waals surface area contributed by atoms with Gasteiger partial charge in [0.05, 0.1) is 5.56 Å². The summed E-state index contributed by atoms with van der Waals surface area (Å²) in [6, 6.07) is 4.54. The van der Waals surface area contributed by atoms with E-state index in [4.69, 9.17) is 0 Å². The fourth-order valence-corrected chi connectivity index (χ4v) is 2.71. The van der Waals surface area contributed by atoms with E-state index in [1.807, 2.05) is 6.92 Å². The Hall–Kier alpha value is -1.23. The van der Waals surface area contributed by atoms with Crippen molar-refractivity contribution in [1.82, 2.24) is 5.32 Å². The molecule has 1 fully saturated rings. The van der Waals surface area contributed by atoms with Crippen LogP contribution in [-0.2, 0) is 6.18 Å². The SMILES string of the molecule is CCC1CNC(C)CN1c1cc(C(F)(F)F)ccc1C. The molecule has 5 heteroatoms. The molecule has 2 nitrogen and oxygen atoms in total. The van der Waals surface area contributed by atoms with Gasteiger partial charge in [-0.2, -0.15) is 13.2 Å². The molecular formula is C15H21F3N2. The Morgan fingerprint density at radius 3 is 2.65 bits per heavy atom. The van der Waals surface area contributed by atoms with E-state index in [0.29, 0.717) is 5.69 Å². The lowest BCUT2D eigenvalue weighted by Gasteiger charge is -2.41. The summed E-state index contributed by atoms with van der Waals surface area (Å²) in [5.74, 6) is 0. The summed E-state index contributed by atoms with van der Waals surface area (Å²) in [4.78, 5) is 2.12. The van der Waals surface area contributed by atoms with Crippen molar-refractivity contribution in [3.05, 3.63) is 29.3 Å². The Morgan fingerprint density at radius 1 is 1.35 bits per heavy atom. The summed E-state index contributed by atoms with van der Waals surface area (Å²) in [6.07, 6.45) is -3.38. The van der Waals surface area contributed by atoms with Crippen LogP contribution in [0.3, 0.4) is 0 Å².